The number of carbonyl (C=O) groups is 1. The Kier molecular flexibility index (Phi) is 8.13. The number of rotatable bonds is 9. The van der Waals surface area contributed by atoms with Crippen molar-refractivity contribution in [3.05, 3.63) is 100 Å². The molecule has 1 saturated heterocycles. The van der Waals surface area contributed by atoms with Gasteiger partial charge in [0.2, 0.25) is 17.8 Å². The second kappa shape index (κ2) is 12.2. The highest BCUT2D eigenvalue weighted by Crippen LogP contribution is 2.33. The van der Waals surface area contributed by atoms with Crippen molar-refractivity contribution in [3.8, 4) is 11.5 Å². The van der Waals surface area contributed by atoms with Gasteiger partial charge in [-0.3, -0.25) is 9.69 Å². The minimum atomic E-state index is 0.105. The van der Waals surface area contributed by atoms with Gasteiger partial charge in [0, 0.05) is 62.2 Å². The zero-order chi connectivity index (χ0) is 27.3. The molecule has 10 heteroatoms. The van der Waals surface area contributed by atoms with Gasteiger partial charge in [-0.1, -0.05) is 60.1 Å². The molecule has 2 aliphatic heterocycles. The summed E-state index contributed by atoms with van der Waals surface area (Å²) in [7, 11) is 0. The third-order valence-corrected chi connectivity index (χ3v) is 8.18. The first-order valence-electron chi connectivity index (χ1n) is 13.3. The summed E-state index contributed by atoms with van der Waals surface area (Å²) in [6.45, 7) is 4.98. The van der Waals surface area contributed by atoms with Crippen LogP contribution in [0.3, 0.4) is 0 Å². The van der Waals surface area contributed by atoms with Crippen LogP contribution < -0.4 is 14.4 Å². The maximum absolute atomic E-state index is 13.5. The Morgan fingerprint density at radius 3 is 2.45 bits per heavy atom. The lowest BCUT2D eigenvalue weighted by Gasteiger charge is -2.35. The highest BCUT2D eigenvalue weighted by molar-refractivity contribution is 7.09. The first-order valence-corrected chi connectivity index (χ1v) is 14.5. The molecule has 1 aromatic heterocycles. The number of aromatic nitrogens is 2. The van der Waals surface area contributed by atoms with E-state index in [0.29, 0.717) is 31.1 Å². The van der Waals surface area contributed by atoms with Gasteiger partial charge in [-0.25, -0.2) is 4.98 Å². The fraction of sp³-hybridized carbons (Fsp3) is 0.300. The lowest BCUT2D eigenvalue weighted by molar-refractivity contribution is -0.131. The SMILES string of the molecule is O=C(CN(Cc1ccccc1)c1nc(Cc2ccc(Cl)cc2)ns1)N1CCN(Cc2ccc3c(c2)OCO3)CC1. The molecule has 0 N–H and O–H groups in total. The van der Waals surface area contributed by atoms with Crippen LogP contribution in [0.2, 0.25) is 5.02 Å². The molecule has 0 aliphatic carbocycles. The molecule has 40 heavy (non-hydrogen) atoms. The molecule has 3 heterocycles. The topological polar surface area (TPSA) is 71.0 Å². The summed E-state index contributed by atoms with van der Waals surface area (Å²) in [5.41, 5.74) is 3.40. The van der Waals surface area contributed by atoms with Crippen LogP contribution in [0, 0.1) is 0 Å². The van der Waals surface area contributed by atoms with Gasteiger partial charge in [0.25, 0.3) is 0 Å². The molecule has 206 valence electrons. The third kappa shape index (κ3) is 6.55. The second-order valence-electron chi connectivity index (χ2n) is 9.98. The molecule has 0 unspecified atom stereocenters. The van der Waals surface area contributed by atoms with Crippen molar-refractivity contribution >= 4 is 34.2 Å². The first kappa shape index (κ1) is 26.6. The van der Waals surface area contributed by atoms with Crippen molar-refractivity contribution in [2.75, 3.05) is 44.4 Å². The van der Waals surface area contributed by atoms with Crippen LogP contribution in [0.1, 0.15) is 22.5 Å². The Morgan fingerprint density at radius 2 is 1.65 bits per heavy atom. The van der Waals surface area contributed by atoms with Crippen LogP contribution in [0.15, 0.2) is 72.8 Å². The van der Waals surface area contributed by atoms with E-state index in [1.807, 2.05) is 64.4 Å². The van der Waals surface area contributed by atoms with Gasteiger partial charge in [-0.2, -0.15) is 4.37 Å². The molecule has 0 spiro atoms. The summed E-state index contributed by atoms with van der Waals surface area (Å²) in [5.74, 6) is 2.45. The molecular weight excluding hydrogens is 546 g/mol. The predicted molar refractivity (Wildman–Crippen MR) is 156 cm³/mol. The summed E-state index contributed by atoms with van der Waals surface area (Å²) in [4.78, 5) is 24.7. The van der Waals surface area contributed by atoms with E-state index in [-0.39, 0.29) is 19.2 Å². The van der Waals surface area contributed by atoms with E-state index >= 15 is 0 Å². The minimum Gasteiger partial charge on any atom is -0.454 e. The summed E-state index contributed by atoms with van der Waals surface area (Å²) < 4.78 is 15.5. The number of benzene rings is 3. The number of halogens is 1. The van der Waals surface area contributed by atoms with Gasteiger partial charge in [0.1, 0.15) is 5.82 Å². The van der Waals surface area contributed by atoms with Crippen LogP contribution in [0.5, 0.6) is 11.5 Å². The van der Waals surface area contributed by atoms with Crippen molar-refractivity contribution in [2.45, 2.75) is 19.5 Å². The van der Waals surface area contributed by atoms with Crippen LogP contribution in [0.4, 0.5) is 5.13 Å². The Hall–Kier alpha value is -3.66. The number of ether oxygens (including phenoxy) is 2. The number of hydrogen-bond acceptors (Lipinski definition) is 8. The predicted octanol–water partition coefficient (Wildman–Crippen LogP) is 4.86. The zero-order valence-corrected chi connectivity index (χ0v) is 23.6. The van der Waals surface area contributed by atoms with Crippen LogP contribution >= 0.6 is 23.1 Å². The van der Waals surface area contributed by atoms with E-state index in [0.717, 1.165) is 53.2 Å². The fourth-order valence-corrected chi connectivity index (χ4v) is 5.75. The van der Waals surface area contributed by atoms with Gasteiger partial charge in [0.05, 0.1) is 6.54 Å². The third-order valence-electron chi connectivity index (χ3n) is 7.11. The average molecular weight is 576 g/mol. The number of carbonyl (C=O) groups excluding carboxylic acids is 1. The first-order chi connectivity index (χ1) is 19.6. The Bertz CT molecular complexity index is 1440. The number of fused-ring (bicyclic) bond motifs is 1. The monoisotopic (exact) mass is 575 g/mol. The van der Waals surface area contributed by atoms with Crippen molar-refractivity contribution in [1.29, 1.82) is 0 Å². The summed E-state index contributed by atoms with van der Waals surface area (Å²) in [5, 5.41) is 1.46. The molecule has 8 nitrogen and oxygen atoms in total. The van der Waals surface area contributed by atoms with Crippen molar-refractivity contribution < 1.29 is 14.3 Å². The lowest BCUT2D eigenvalue weighted by atomic mass is 10.1. The van der Waals surface area contributed by atoms with E-state index in [9.17, 15) is 4.79 Å². The number of nitrogens with zero attached hydrogens (tertiary/aromatic N) is 5. The molecule has 0 bridgehead atoms. The number of piperazine rings is 1. The fourth-order valence-electron chi connectivity index (χ4n) is 4.94. The van der Waals surface area contributed by atoms with Crippen LogP contribution in [-0.2, 0) is 24.3 Å². The molecule has 6 rings (SSSR count). The number of amides is 1. The smallest absolute Gasteiger partial charge is 0.242 e. The van der Waals surface area contributed by atoms with Crippen molar-refractivity contribution in [3.63, 3.8) is 0 Å². The van der Waals surface area contributed by atoms with Gasteiger partial charge in [-0.05, 0) is 41.0 Å². The van der Waals surface area contributed by atoms with E-state index in [4.69, 9.17) is 26.1 Å². The Balaban J connectivity index is 1.08. The highest BCUT2D eigenvalue weighted by atomic mass is 35.5. The normalized spacial score (nSPS) is 14.9. The molecule has 4 aromatic rings. The van der Waals surface area contributed by atoms with E-state index in [2.05, 4.69) is 27.5 Å². The quantitative estimate of drug-likeness (QED) is 0.282. The minimum absolute atomic E-state index is 0.105. The molecule has 1 amide bonds. The summed E-state index contributed by atoms with van der Waals surface area (Å²) in [6, 6.07) is 24.0. The number of hydrogen-bond donors (Lipinski definition) is 0. The Labute approximate surface area is 242 Å². The number of anilines is 1. The van der Waals surface area contributed by atoms with Gasteiger partial charge in [-0.15, -0.1) is 0 Å². The van der Waals surface area contributed by atoms with E-state index < -0.39 is 0 Å². The maximum atomic E-state index is 13.5. The molecule has 1 fully saturated rings. The molecule has 0 atom stereocenters. The standard InChI is InChI=1S/C30H30ClN5O3S/c31-25-9-6-22(7-10-25)17-28-32-30(40-33-28)36(19-23-4-2-1-3-5-23)20-29(37)35-14-12-34(13-15-35)18-24-8-11-26-27(16-24)39-21-38-26/h1-11,16H,12-15,17-21H2. The van der Waals surface area contributed by atoms with Gasteiger partial charge < -0.3 is 19.3 Å². The van der Waals surface area contributed by atoms with Crippen molar-refractivity contribution in [2.24, 2.45) is 0 Å². The molecular formula is C30H30ClN5O3S. The Morgan fingerprint density at radius 1 is 0.900 bits per heavy atom. The molecule has 2 aliphatic rings. The van der Waals surface area contributed by atoms with Gasteiger partial charge in [0.15, 0.2) is 11.5 Å². The zero-order valence-electron chi connectivity index (χ0n) is 22.0. The highest BCUT2D eigenvalue weighted by Gasteiger charge is 2.25. The second-order valence-corrected chi connectivity index (χ2v) is 11.1. The molecule has 0 saturated carbocycles. The van der Waals surface area contributed by atoms with Crippen molar-refractivity contribution in [1.82, 2.24) is 19.2 Å². The largest absolute Gasteiger partial charge is 0.454 e. The summed E-state index contributed by atoms with van der Waals surface area (Å²) in [6.07, 6.45) is 0.617. The van der Waals surface area contributed by atoms with E-state index in [1.165, 1.54) is 17.1 Å². The molecule has 0 radical (unpaired) electrons. The summed E-state index contributed by atoms with van der Waals surface area (Å²) >= 11 is 7.37. The average Bonchev–Trinajstić information content (AvgIpc) is 3.64. The van der Waals surface area contributed by atoms with Gasteiger partial charge >= 0.3 is 0 Å². The van der Waals surface area contributed by atoms with E-state index in [1.54, 1.807) is 0 Å². The maximum Gasteiger partial charge on any atom is 0.242 e. The van der Waals surface area contributed by atoms with Crippen LogP contribution in [0.25, 0.3) is 0 Å². The molecule has 3 aromatic carbocycles. The lowest BCUT2D eigenvalue weighted by Crippen LogP contribution is -2.50. The van der Waals surface area contributed by atoms with Crippen LogP contribution in [-0.4, -0.2) is 64.6 Å².